The number of hydrogen-bond donors (Lipinski definition) is 2. The number of carbonyl (C=O) groups is 2. The summed E-state index contributed by atoms with van der Waals surface area (Å²) in [6.45, 7) is 4.02. The van der Waals surface area contributed by atoms with E-state index in [1.165, 1.54) is 4.57 Å². The fraction of sp³-hybridized carbons (Fsp3) is 0.360. The van der Waals surface area contributed by atoms with Gasteiger partial charge in [0.2, 0.25) is 11.8 Å². The van der Waals surface area contributed by atoms with Crippen LogP contribution in [0.15, 0.2) is 58.1 Å². The molecule has 0 radical (unpaired) electrons. The minimum absolute atomic E-state index is 0.0596. The fourth-order valence-electron chi connectivity index (χ4n) is 3.67. The molecule has 180 valence electrons. The van der Waals surface area contributed by atoms with Crippen molar-refractivity contribution in [2.24, 2.45) is 0 Å². The summed E-state index contributed by atoms with van der Waals surface area (Å²) in [4.78, 5) is 50.6. The molecule has 0 saturated carbocycles. The Morgan fingerprint density at radius 1 is 0.941 bits per heavy atom. The van der Waals surface area contributed by atoms with E-state index in [0.29, 0.717) is 41.7 Å². The molecular formula is C25H29ClN4O4. The minimum atomic E-state index is -0.544. The van der Waals surface area contributed by atoms with Crippen molar-refractivity contribution in [1.29, 1.82) is 0 Å². The third-order valence-electron chi connectivity index (χ3n) is 5.32. The average molecular weight is 485 g/mol. The van der Waals surface area contributed by atoms with Gasteiger partial charge in [-0.05, 0) is 56.5 Å². The molecule has 8 nitrogen and oxygen atoms in total. The minimum Gasteiger partial charge on any atom is -0.354 e. The Morgan fingerprint density at radius 2 is 1.65 bits per heavy atom. The van der Waals surface area contributed by atoms with Gasteiger partial charge >= 0.3 is 5.69 Å². The average Bonchev–Trinajstić information content (AvgIpc) is 2.80. The summed E-state index contributed by atoms with van der Waals surface area (Å²) in [6.07, 6.45) is 1.35. The van der Waals surface area contributed by atoms with Crippen molar-refractivity contribution in [2.45, 2.75) is 58.8 Å². The highest BCUT2D eigenvalue weighted by Crippen LogP contribution is 2.10. The quantitative estimate of drug-likeness (QED) is 0.432. The molecule has 2 amide bonds. The second kappa shape index (κ2) is 11.7. The highest BCUT2D eigenvalue weighted by Gasteiger charge is 2.15. The molecule has 3 aromatic rings. The first kappa shape index (κ1) is 25.2. The third kappa shape index (κ3) is 6.57. The van der Waals surface area contributed by atoms with E-state index in [0.717, 1.165) is 10.1 Å². The maximum absolute atomic E-state index is 13.2. The SMILES string of the molecule is CC(C)NC(=O)CCCCn1c(=O)c2ccccc2n(CC(=O)NCc2ccc(Cl)cc2)c1=O. The largest absolute Gasteiger partial charge is 0.354 e. The number of aromatic nitrogens is 2. The lowest BCUT2D eigenvalue weighted by atomic mass is 10.2. The number of amides is 2. The van der Waals surface area contributed by atoms with Gasteiger partial charge in [-0.1, -0.05) is 35.9 Å². The molecule has 0 unspecified atom stereocenters. The van der Waals surface area contributed by atoms with Crippen LogP contribution in [-0.2, 0) is 29.2 Å². The second-order valence-electron chi connectivity index (χ2n) is 8.43. The summed E-state index contributed by atoms with van der Waals surface area (Å²) in [6, 6.07) is 13.9. The summed E-state index contributed by atoms with van der Waals surface area (Å²) >= 11 is 5.89. The molecule has 0 aliphatic carbocycles. The van der Waals surface area contributed by atoms with Crippen LogP contribution in [0, 0.1) is 0 Å². The van der Waals surface area contributed by atoms with Crippen molar-refractivity contribution in [3.8, 4) is 0 Å². The van der Waals surface area contributed by atoms with Crippen LogP contribution in [0.2, 0.25) is 5.02 Å². The fourth-order valence-corrected chi connectivity index (χ4v) is 3.80. The van der Waals surface area contributed by atoms with Crippen LogP contribution in [0.25, 0.3) is 10.9 Å². The number of benzene rings is 2. The van der Waals surface area contributed by atoms with Crippen molar-refractivity contribution in [2.75, 3.05) is 0 Å². The summed E-state index contributed by atoms with van der Waals surface area (Å²) < 4.78 is 2.47. The molecular weight excluding hydrogens is 456 g/mol. The molecule has 0 spiro atoms. The summed E-state index contributed by atoms with van der Waals surface area (Å²) in [5.74, 6) is -0.409. The number of nitrogens with zero attached hydrogens (tertiary/aromatic N) is 2. The van der Waals surface area contributed by atoms with Gasteiger partial charge in [0.15, 0.2) is 0 Å². The molecule has 0 fully saturated rings. The van der Waals surface area contributed by atoms with E-state index in [-0.39, 0.29) is 30.9 Å². The van der Waals surface area contributed by atoms with Gasteiger partial charge in [0.25, 0.3) is 5.56 Å². The van der Waals surface area contributed by atoms with Crippen molar-refractivity contribution in [1.82, 2.24) is 19.8 Å². The molecule has 2 N–H and O–H groups in total. The van der Waals surface area contributed by atoms with Gasteiger partial charge in [0.05, 0.1) is 10.9 Å². The monoisotopic (exact) mass is 484 g/mol. The Morgan fingerprint density at radius 3 is 2.35 bits per heavy atom. The summed E-state index contributed by atoms with van der Waals surface area (Å²) in [5.41, 5.74) is 0.343. The molecule has 0 aliphatic heterocycles. The van der Waals surface area contributed by atoms with E-state index in [1.54, 1.807) is 36.4 Å². The first-order chi connectivity index (χ1) is 16.3. The zero-order chi connectivity index (χ0) is 24.7. The van der Waals surface area contributed by atoms with Gasteiger partial charge in [-0.2, -0.15) is 0 Å². The van der Waals surface area contributed by atoms with E-state index in [9.17, 15) is 19.2 Å². The van der Waals surface area contributed by atoms with E-state index in [4.69, 9.17) is 11.6 Å². The standard InChI is InChI=1S/C25H29ClN4O4/c1-17(2)28-22(31)9-5-6-14-29-24(33)20-7-3-4-8-21(20)30(25(29)34)16-23(32)27-15-18-10-12-19(26)13-11-18/h3-4,7-8,10-13,17H,5-6,9,14-16H2,1-2H3,(H,27,32)(H,28,31). The maximum atomic E-state index is 13.2. The van der Waals surface area contributed by atoms with Gasteiger partial charge < -0.3 is 10.6 Å². The first-order valence-corrected chi connectivity index (χ1v) is 11.7. The smallest absolute Gasteiger partial charge is 0.331 e. The van der Waals surface area contributed by atoms with Crippen molar-refractivity contribution in [3.63, 3.8) is 0 Å². The summed E-state index contributed by atoms with van der Waals surface area (Å²) in [5, 5.41) is 6.59. The Balaban J connectivity index is 1.76. The number of nitrogens with one attached hydrogen (secondary N) is 2. The van der Waals surface area contributed by atoms with Crippen LogP contribution < -0.4 is 21.9 Å². The first-order valence-electron chi connectivity index (χ1n) is 11.3. The molecule has 1 heterocycles. The van der Waals surface area contributed by atoms with Crippen molar-refractivity contribution >= 4 is 34.3 Å². The lowest BCUT2D eigenvalue weighted by Crippen LogP contribution is -2.42. The molecule has 2 aromatic carbocycles. The van der Waals surface area contributed by atoms with Gasteiger partial charge in [-0.3, -0.25) is 23.5 Å². The Hall–Kier alpha value is -3.39. The van der Waals surface area contributed by atoms with E-state index in [2.05, 4.69) is 10.6 Å². The molecule has 34 heavy (non-hydrogen) atoms. The number of halogens is 1. The van der Waals surface area contributed by atoms with Crippen molar-refractivity contribution < 1.29 is 9.59 Å². The second-order valence-corrected chi connectivity index (χ2v) is 8.86. The lowest BCUT2D eigenvalue weighted by molar-refractivity contribution is -0.122. The zero-order valence-electron chi connectivity index (χ0n) is 19.3. The van der Waals surface area contributed by atoms with Crippen LogP contribution in [0.5, 0.6) is 0 Å². The van der Waals surface area contributed by atoms with Gasteiger partial charge in [0.1, 0.15) is 6.54 Å². The predicted octanol–water partition coefficient (Wildman–Crippen LogP) is 2.83. The summed E-state index contributed by atoms with van der Waals surface area (Å²) in [7, 11) is 0. The van der Waals surface area contributed by atoms with Gasteiger partial charge in [0, 0.05) is 30.6 Å². The lowest BCUT2D eigenvalue weighted by Gasteiger charge is -2.14. The van der Waals surface area contributed by atoms with Crippen LogP contribution in [-0.4, -0.2) is 27.0 Å². The van der Waals surface area contributed by atoms with E-state index >= 15 is 0 Å². The number of hydrogen-bond acceptors (Lipinski definition) is 4. The predicted molar refractivity (Wildman–Crippen MR) is 133 cm³/mol. The van der Waals surface area contributed by atoms with Crippen molar-refractivity contribution in [3.05, 3.63) is 80.0 Å². The van der Waals surface area contributed by atoms with Crippen LogP contribution in [0.1, 0.15) is 38.7 Å². The van der Waals surface area contributed by atoms with Gasteiger partial charge in [-0.25, -0.2) is 4.79 Å². The van der Waals surface area contributed by atoms with E-state index < -0.39 is 11.2 Å². The Kier molecular flexibility index (Phi) is 8.65. The number of para-hydroxylation sites is 1. The molecule has 1 aromatic heterocycles. The van der Waals surface area contributed by atoms with Crippen LogP contribution in [0.4, 0.5) is 0 Å². The van der Waals surface area contributed by atoms with E-state index in [1.807, 2.05) is 26.0 Å². The number of fused-ring (bicyclic) bond motifs is 1. The Labute approximate surface area is 202 Å². The maximum Gasteiger partial charge on any atom is 0.331 e. The van der Waals surface area contributed by atoms with Crippen LogP contribution in [0.3, 0.4) is 0 Å². The molecule has 0 saturated heterocycles. The molecule has 9 heteroatoms. The molecule has 0 aliphatic rings. The highest BCUT2D eigenvalue weighted by atomic mass is 35.5. The number of carbonyl (C=O) groups excluding carboxylic acids is 2. The topological polar surface area (TPSA) is 102 Å². The number of unbranched alkanes of at least 4 members (excludes halogenated alkanes) is 1. The molecule has 0 bridgehead atoms. The third-order valence-corrected chi connectivity index (χ3v) is 5.57. The zero-order valence-corrected chi connectivity index (χ0v) is 20.1. The molecule has 0 atom stereocenters. The van der Waals surface area contributed by atoms with Gasteiger partial charge in [-0.15, -0.1) is 0 Å². The number of rotatable bonds is 10. The highest BCUT2D eigenvalue weighted by molar-refractivity contribution is 6.30. The van der Waals surface area contributed by atoms with Crippen LogP contribution >= 0.6 is 11.6 Å². The normalized spacial score (nSPS) is 11.1. The molecule has 3 rings (SSSR count). The Bertz CT molecular complexity index is 1280.